The van der Waals surface area contributed by atoms with E-state index in [-0.39, 0.29) is 11.9 Å². The highest BCUT2D eigenvalue weighted by molar-refractivity contribution is 5.76. The van der Waals surface area contributed by atoms with Crippen LogP contribution in [0.15, 0.2) is 24.3 Å². The number of carbonyl (C=O) groups is 1. The molecule has 18 heavy (non-hydrogen) atoms. The van der Waals surface area contributed by atoms with Crippen LogP contribution in [0.1, 0.15) is 18.9 Å². The van der Waals surface area contributed by atoms with E-state index in [2.05, 4.69) is 0 Å². The summed E-state index contributed by atoms with van der Waals surface area (Å²) >= 11 is 0. The zero-order valence-corrected chi connectivity index (χ0v) is 11.3. The zero-order valence-electron chi connectivity index (χ0n) is 11.3. The molecule has 1 unspecified atom stereocenters. The second-order valence-corrected chi connectivity index (χ2v) is 4.55. The number of carbonyl (C=O) groups excluding carboxylic acids is 1. The van der Waals surface area contributed by atoms with Crippen LogP contribution in [0.3, 0.4) is 0 Å². The van der Waals surface area contributed by atoms with Gasteiger partial charge in [0, 0.05) is 26.3 Å². The van der Waals surface area contributed by atoms with Crippen molar-refractivity contribution in [2.24, 2.45) is 0 Å². The van der Waals surface area contributed by atoms with Crippen molar-refractivity contribution in [3.8, 4) is 0 Å². The smallest absolute Gasteiger partial charge is 0.222 e. The van der Waals surface area contributed by atoms with Crippen LogP contribution in [-0.4, -0.2) is 37.6 Å². The van der Waals surface area contributed by atoms with Crippen molar-refractivity contribution in [3.63, 3.8) is 0 Å². The Kier molecular flexibility index (Phi) is 5.65. The van der Waals surface area contributed by atoms with Gasteiger partial charge < -0.3 is 15.4 Å². The lowest BCUT2D eigenvalue weighted by Gasteiger charge is -2.24. The normalized spacial score (nSPS) is 12.2. The van der Waals surface area contributed by atoms with E-state index < -0.39 is 0 Å². The van der Waals surface area contributed by atoms with Gasteiger partial charge in [0.1, 0.15) is 0 Å². The van der Waals surface area contributed by atoms with Gasteiger partial charge in [-0.1, -0.05) is 12.1 Å². The van der Waals surface area contributed by atoms with Crippen molar-refractivity contribution in [3.05, 3.63) is 29.8 Å². The van der Waals surface area contributed by atoms with Crippen molar-refractivity contribution >= 4 is 11.6 Å². The van der Waals surface area contributed by atoms with Gasteiger partial charge in [0.2, 0.25) is 5.91 Å². The Bertz CT molecular complexity index is 393. The first-order chi connectivity index (χ1) is 8.54. The fraction of sp³-hybridized carbons (Fsp3) is 0.500. The maximum absolute atomic E-state index is 12.0. The summed E-state index contributed by atoms with van der Waals surface area (Å²) in [6, 6.07) is 7.75. The summed E-state index contributed by atoms with van der Waals surface area (Å²) in [6.07, 6.45) is 1.21. The number of nitrogens with two attached hydrogens (primary N) is 1. The average Bonchev–Trinajstić information content (AvgIpc) is 2.35. The van der Waals surface area contributed by atoms with Gasteiger partial charge in [0.05, 0.1) is 12.6 Å². The molecule has 1 rings (SSSR count). The summed E-state index contributed by atoms with van der Waals surface area (Å²) < 4.78 is 5.04. The monoisotopic (exact) mass is 250 g/mol. The molecular weight excluding hydrogens is 228 g/mol. The van der Waals surface area contributed by atoms with Crippen LogP contribution in [0, 0.1) is 0 Å². The predicted molar refractivity (Wildman–Crippen MR) is 73.3 cm³/mol. The lowest BCUT2D eigenvalue weighted by Crippen LogP contribution is -2.37. The number of amides is 1. The molecule has 0 saturated heterocycles. The Hall–Kier alpha value is -1.55. The van der Waals surface area contributed by atoms with Crippen molar-refractivity contribution in [2.75, 3.05) is 26.5 Å². The Morgan fingerprint density at radius 2 is 2.22 bits per heavy atom. The molecule has 4 nitrogen and oxygen atoms in total. The summed E-state index contributed by atoms with van der Waals surface area (Å²) in [7, 11) is 3.45. The predicted octanol–water partition coefficient (Wildman–Crippen LogP) is 1.69. The van der Waals surface area contributed by atoms with Crippen LogP contribution in [0.4, 0.5) is 5.69 Å². The van der Waals surface area contributed by atoms with E-state index >= 15 is 0 Å². The fourth-order valence-electron chi connectivity index (χ4n) is 1.78. The summed E-state index contributed by atoms with van der Waals surface area (Å²) in [5.41, 5.74) is 7.53. The lowest BCUT2D eigenvalue weighted by atomic mass is 10.1. The Balaban J connectivity index is 2.45. The number of aryl methyl sites for hydroxylation is 1. The van der Waals surface area contributed by atoms with Gasteiger partial charge in [-0.25, -0.2) is 0 Å². The molecule has 0 aliphatic rings. The number of hydrogen-bond acceptors (Lipinski definition) is 3. The van der Waals surface area contributed by atoms with E-state index in [0.717, 1.165) is 11.3 Å². The molecule has 2 N–H and O–H groups in total. The van der Waals surface area contributed by atoms with Crippen molar-refractivity contribution in [2.45, 2.75) is 25.8 Å². The van der Waals surface area contributed by atoms with Crippen LogP contribution in [0.2, 0.25) is 0 Å². The number of hydrogen-bond donors (Lipinski definition) is 1. The fourth-order valence-corrected chi connectivity index (χ4v) is 1.78. The molecule has 0 fully saturated rings. The van der Waals surface area contributed by atoms with Crippen molar-refractivity contribution in [1.29, 1.82) is 0 Å². The Morgan fingerprint density at radius 1 is 1.50 bits per heavy atom. The molecule has 0 radical (unpaired) electrons. The minimum atomic E-state index is 0.100. The first-order valence-corrected chi connectivity index (χ1v) is 6.13. The number of benzene rings is 1. The molecule has 1 atom stereocenters. The van der Waals surface area contributed by atoms with E-state index in [4.69, 9.17) is 10.5 Å². The molecule has 0 spiro atoms. The summed E-state index contributed by atoms with van der Waals surface area (Å²) in [5.74, 6) is 0.127. The number of nitrogens with zero attached hydrogens (tertiary/aromatic N) is 1. The first kappa shape index (κ1) is 14.5. The molecule has 0 bridgehead atoms. The van der Waals surface area contributed by atoms with Crippen molar-refractivity contribution in [1.82, 2.24) is 4.90 Å². The molecule has 1 aromatic carbocycles. The van der Waals surface area contributed by atoms with Crippen LogP contribution in [0.25, 0.3) is 0 Å². The highest BCUT2D eigenvalue weighted by atomic mass is 16.5. The first-order valence-electron chi connectivity index (χ1n) is 6.13. The van der Waals surface area contributed by atoms with Crippen molar-refractivity contribution < 1.29 is 9.53 Å². The number of nitrogen functional groups attached to an aromatic ring is 1. The van der Waals surface area contributed by atoms with Gasteiger partial charge in [-0.15, -0.1) is 0 Å². The molecule has 0 saturated carbocycles. The molecule has 1 aromatic rings. The van der Waals surface area contributed by atoms with Gasteiger partial charge in [-0.05, 0) is 31.0 Å². The van der Waals surface area contributed by atoms with E-state index in [1.54, 1.807) is 12.0 Å². The maximum Gasteiger partial charge on any atom is 0.222 e. The number of rotatable bonds is 6. The zero-order chi connectivity index (χ0) is 13.5. The largest absolute Gasteiger partial charge is 0.399 e. The summed E-state index contributed by atoms with van der Waals surface area (Å²) in [4.78, 5) is 13.7. The van der Waals surface area contributed by atoms with E-state index in [0.29, 0.717) is 19.4 Å². The SMILES string of the molecule is COCC(C)N(C)C(=O)CCc1cccc(N)c1. The molecule has 0 heterocycles. The van der Waals surface area contributed by atoms with E-state index in [1.165, 1.54) is 0 Å². The minimum Gasteiger partial charge on any atom is -0.399 e. The summed E-state index contributed by atoms with van der Waals surface area (Å²) in [6.45, 7) is 2.53. The van der Waals surface area contributed by atoms with Gasteiger partial charge in [-0.2, -0.15) is 0 Å². The highest BCUT2D eigenvalue weighted by Gasteiger charge is 2.15. The minimum absolute atomic E-state index is 0.100. The van der Waals surface area contributed by atoms with Gasteiger partial charge in [-0.3, -0.25) is 4.79 Å². The molecule has 0 aliphatic carbocycles. The van der Waals surface area contributed by atoms with Gasteiger partial charge in [0.15, 0.2) is 0 Å². The second-order valence-electron chi connectivity index (χ2n) is 4.55. The quantitative estimate of drug-likeness (QED) is 0.782. The molecule has 1 amide bonds. The number of likely N-dealkylation sites (N-methyl/N-ethyl adjacent to an activating group) is 1. The van der Waals surface area contributed by atoms with Crippen LogP contribution < -0.4 is 5.73 Å². The number of ether oxygens (including phenoxy) is 1. The van der Waals surface area contributed by atoms with Gasteiger partial charge >= 0.3 is 0 Å². The van der Waals surface area contributed by atoms with Crippen LogP contribution >= 0.6 is 0 Å². The third-order valence-corrected chi connectivity index (χ3v) is 3.04. The second kappa shape index (κ2) is 7.01. The maximum atomic E-state index is 12.0. The Morgan fingerprint density at radius 3 is 2.83 bits per heavy atom. The standard InChI is InChI=1S/C14H22N2O2/c1-11(10-18-3)16(2)14(17)8-7-12-5-4-6-13(15)9-12/h4-6,9,11H,7-8,10,15H2,1-3H3. The third kappa shape index (κ3) is 4.37. The average molecular weight is 250 g/mol. The Labute approximate surface area is 109 Å². The molecule has 0 aliphatic heterocycles. The highest BCUT2D eigenvalue weighted by Crippen LogP contribution is 2.10. The van der Waals surface area contributed by atoms with Crippen LogP contribution in [0.5, 0.6) is 0 Å². The lowest BCUT2D eigenvalue weighted by molar-refractivity contribution is -0.132. The number of anilines is 1. The van der Waals surface area contributed by atoms with E-state index in [1.807, 2.05) is 38.2 Å². The topological polar surface area (TPSA) is 55.6 Å². The summed E-state index contributed by atoms with van der Waals surface area (Å²) in [5, 5.41) is 0. The molecule has 100 valence electrons. The van der Waals surface area contributed by atoms with E-state index in [9.17, 15) is 4.79 Å². The van der Waals surface area contributed by atoms with Gasteiger partial charge in [0.25, 0.3) is 0 Å². The molecule has 4 heteroatoms. The molecule has 0 aromatic heterocycles. The molecular formula is C14H22N2O2. The number of methoxy groups -OCH3 is 1. The third-order valence-electron chi connectivity index (χ3n) is 3.04. The van der Waals surface area contributed by atoms with Crippen LogP contribution in [-0.2, 0) is 16.0 Å².